The fraction of sp³-hybridized carbons (Fsp3) is 0.200. The van der Waals surface area contributed by atoms with Crippen molar-refractivity contribution in [2.24, 2.45) is 0 Å². The summed E-state index contributed by atoms with van der Waals surface area (Å²) in [4.78, 5) is 2.17. The van der Waals surface area contributed by atoms with Crippen molar-refractivity contribution in [1.29, 1.82) is 0 Å². The summed E-state index contributed by atoms with van der Waals surface area (Å²) in [5.41, 5.74) is 3.61. The molecule has 86 valence electrons. The van der Waals surface area contributed by atoms with Crippen LogP contribution in [0.3, 0.4) is 0 Å². The molecule has 0 fully saturated rings. The number of ether oxygens (including phenoxy) is 1. The van der Waals surface area contributed by atoms with Gasteiger partial charge in [0.1, 0.15) is 5.75 Å². The van der Waals surface area contributed by atoms with Crippen LogP contribution in [-0.4, -0.2) is 7.05 Å². The first-order valence-corrected chi connectivity index (χ1v) is 5.81. The zero-order valence-corrected chi connectivity index (χ0v) is 10.1. The van der Waals surface area contributed by atoms with E-state index in [0.717, 1.165) is 11.4 Å². The molecule has 2 aromatic carbocycles. The molecule has 0 radical (unpaired) electrons. The Morgan fingerprint density at radius 2 is 1.71 bits per heavy atom. The van der Waals surface area contributed by atoms with E-state index in [9.17, 15) is 0 Å². The Kier molecular flexibility index (Phi) is 2.29. The molecule has 0 bridgehead atoms. The van der Waals surface area contributed by atoms with Crippen LogP contribution in [0, 0.1) is 6.92 Å². The Balaban J connectivity index is 1.96. The lowest BCUT2D eigenvalue weighted by atomic mass is 10.1. The average molecular weight is 225 g/mol. The molecule has 0 aliphatic carbocycles. The van der Waals surface area contributed by atoms with Gasteiger partial charge in [-0.25, -0.2) is 0 Å². The zero-order valence-electron chi connectivity index (χ0n) is 10.1. The Labute approximate surface area is 101 Å². The van der Waals surface area contributed by atoms with Crippen LogP contribution in [-0.2, 0) is 0 Å². The van der Waals surface area contributed by atoms with Crippen molar-refractivity contribution in [3.63, 3.8) is 0 Å². The van der Waals surface area contributed by atoms with E-state index in [2.05, 4.69) is 49.2 Å². The van der Waals surface area contributed by atoms with Gasteiger partial charge in [-0.15, -0.1) is 0 Å². The van der Waals surface area contributed by atoms with Gasteiger partial charge in [-0.3, -0.25) is 0 Å². The predicted octanol–water partition coefficient (Wildman–Crippen LogP) is 3.52. The third-order valence-corrected chi connectivity index (χ3v) is 3.20. The Bertz CT molecular complexity index is 533. The molecule has 2 aromatic rings. The third kappa shape index (κ3) is 1.66. The normalized spacial score (nSPS) is 17.8. The van der Waals surface area contributed by atoms with Gasteiger partial charge >= 0.3 is 0 Å². The molecule has 17 heavy (non-hydrogen) atoms. The van der Waals surface area contributed by atoms with E-state index < -0.39 is 0 Å². The molecule has 0 saturated heterocycles. The summed E-state index contributed by atoms with van der Waals surface area (Å²) in [6, 6.07) is 16.6. The van der Waals surface area contributed by atoms with Gasteiger partial charge in [0, 0.05) is 12.6 Å². The van der Waals surface area contributed by atoms with E-state index in [-0.39, 0.29) is 6.23 Å². The first-order valence-electron chi connectivity index (χ1n) is 5.81. The largest absolute Gasteiger partial charge is 0.464 e. The van der Waals surface area contributed by atoms with Crippen LogP contribution in [0.1, 0.15) is 17.4 Å². The van der Waals surface area contributed by atoms with Crippen LogP contribution >= 0.6 is 0 Å². The molecule has 3 rings (SSSR count). The second-order valence-electron chi connectivity index (χ2n) is 4.46. The molecule has 1 aliphatic rings. The van der Waals surface area contributed by atoms with Crippen LogP contribution in [0.25, 0.3) is 0 Å². The molecule has 2 nitrogen and oxygen atoms in total. The van der Waals surface area contributed by atoms with Crippen LogP contribution in [0.4, 0.5) is 5.69 Å². The lowest BCUT2D eigenvalue weighted by Gasteiger charge is -2.20. The van der Waals surface area contributed by atoms with Gasteiger partial charge in [-0.2, -0.15) is 0 Å². The Morgan fingerprint density at radius 1 is 1.00 bits per heavy atom. The number of hydrogen-bond acceptors (Lipinski definition) is 2. The molecule has 0 amide bonds. The maximum atomic E-state index is 5.97. The number of para-hydroxylation sites is 2. The Morgan fingerprint density at radius 3 is 2.41 bits per heavy atom. The van der Waals surface area contributed by atoms with Gasteiger partial charge in [-0.1, -0.05) is 42.0 Å². The van der Waals surface area contributed by atoms with E-state index in [1.165, 1.54) is 11.1 Å². The van der Waals surface area contributed by atoms with E-state index in [4.69, 9.17) is 4.74 Å². The SMILES string of the molecule is Cc1ccc(C2Oc3ccccc3N2C)cc1. The monoisotopic (exact) mass is 225 g/mol. The second kappa shape index (κ2) is 3.81. The number of hydrogen-bond donors (Lipinski definition) is 0. The highest BCUT2D eigenvalue weighted by atomic mass is 16.5. The highest BCUT2D eigenvalue weighted by Crippen LogP contribution is 2.41. The van der Waals surface area contributed by atoms with Crippen LogP contribution in [0.5, 0.6) is 5.75 Å². The predicted molar refractivity (Wildman–Crippen MR) is 69.4 cm³/mol. The zero-order chi connectivity index (χ0) is 11.8. The maximum Gasteiger partial charge on any atom is 0.198 e. The Hall–Kier alpha value is -1.96. The van der Waals surface area contributed by atoms with Gasteiger partial charge in [0.25, 0.3) is 0 Å². The van der Waals surface area contributed by atoms with Crippen molar-refractivity contribution < 1.29 is 4.74 Å². The summed E-state index contributed by atoms with van der Waals surface area (Å²) >= 11 is 0. The highest BCUT2D eigenvalue weighted by molar-refractivity contribution is 5.62. The fourth-order valence-corrected chi connectivity index (χ4v) is 2.20. The number of fused-ring (bicyclic) bond motifs is 1. The summed E-state index contributed by atoms with van der Waals surface area (Å²) in [7, 11) is 2.07. The lowest BCUT2D eigenvalue weighted by Crippen LogP contribution is -2.22. The van der Waals surface area contributed by atoms with Crippen molar-refractivity contribution in [3.8, 4) is 5.75 Å². The minimum Gasteiger partial charge on any atom is -0.464 e. The molecule has 0 N–H and O–H groups in total. The van der Waals surface area contributed by atoms with Gasteiger partial charge < -0.3 is 9.64 Å². The molecule has 1 unspecified atom stereocenters. The van der Waals surface area contributed by atoms with E-state index >= 15 is 0 Å². The van der Waals surface area contributed by atoms with Gasteiger partial charge in [0.05, 0.1) is 5.69 Å². The quantitative estimate of drug-likeness (QED) is 0.736. The van der Waals surface area contributed by atoms with Crippen molar-refractivity contribution >= 4 is 5.69 Å². The van der Waals surface area contributed by atoms with Gasteiger partial charge in [0.2, 0.25) is 0 Å². The minimum absolute atomic E-state index is 0.00648. The minimum atomic E-state index is -0.00648. The summed E-state index contributed by atoms with van der Waals surface area (Å²) in [5.74, 6) is 0.959. The maximum absolute atomic E-state index is 5.97. The molecule has 0 aromatic heterocycles. The highest BCUT2D eigenvalue weighted by Gasteiger charge is 2.28. The first-order chi connectivity index (χ1) is 8.25. The van der Waals surface area contributed by atoms with Gasteiger partial charge in [0.15, 0.2) is 6.23 Å². The van der Waals surface area contributed by atoms with Crippen LogP contribution < -0.4 is 9.64 Å². The van der Waals surface area contributed by atoms with E-state index in [1.807, 2.05) is 18.2 Å². The number of aryl methyl sites for hydroxylation is 1. The number of rotatable bonds is 1. The number of anilines is 1. The molecule has 1 atom stereocenters. The summed E-state index contributed by atoms with van der Waals surface area (Å²) in [5, 5.41) is 0. The fourth-order valence-electron chi connectivity index (χ4n) is 2.20. The summed E-state index contributed by atoms with van der Waals surface area (Å²) in [6.07, 6.45) is -0.00648. The molecule has 1 heterocycles. The van der Waals surface area contributed by atoms with Gasteiger partial charge in [-0.05, 0) is 19.1 Å². The number of nitrogens with zero attached hydrogens (tertiary/aromatic N) is 1. The van der Waals surface area contributed by atoms with Crippen molar-refractivity contribution in [2.45, 2.75) is 13.2 Å². The van der Waals surface area contributed by atoms with E-state index in [1.54, 1.807) is 0 Å². The summed E-state index contributed by atoms with van der Waals surface area (Å²) < 4.78 is 5.97. The number of benzene rings is 2. The molecule has 2 heteroatoms. The van der Waals surface area contributed by atoms with E-state index in [0.29, 0.717) is 0 Å². The molecular weight excluding hydrogens is 210 g/mol. The third-order valence-electron chi connectivity index (χ3n) is 3.20. The molecule has 0 saturated carbocycles. The standard InChI is InChI=1S/C15H15NO/c1-11-7-9-12(10-8-11)15-16(2)13-5-3-4-6-14(13)17-15/h3-10,15H,1-2H3. The van der Waals surface area contributed by atoms with Crippen molar-refractivity contribution in [3.05, 3.63) is 59.7 Å². The smallest absolute Gasteiger partial charge is 0.198 e. The average Bonchev–Trinajstić information content (AvgIpc) is 2.69. The summed E-state index contributed by atoms with van der Waals surface area (Å²) in [6.45, 7) is 2.09. The van der Waals surface area contributed by atoms with Crippen molar-refractivity contribution in [2.75, 3.05) is 11.9 Å². The van der Waals surface area contributed by atoms with Crippen LogP contribution in [0.2, 0.25) is 0 Å². The second-order valence-corrected chi connectivity index (χ2v) is 4.46. The van der Waals surface area contributed by atoms with Crippen LogP contribution in [0.15, 0.2) is 48.5 Å². The topological polar surface area (TPSA) is 12.5 Å². The first kappa shape index (κ1) is 10.2. The molecule has 0 spiro atoms. The van der Waals surface area contributed by atoms with Crippen molar-refractivity contribution in [1.82, 2.24) is 0 Å². The molecule has 1 aliphatic heterocycles. The lowest BCUT2D eigenvalue weighted by molar-refractivity contribution is 0.235. The molecular formula is C15H15NO.